The van der Waals surface area contributed by atoms with Crippen LogP contribution < -0.4 is 18.9 Å². The summed E-state index contributed by atoms with van der Waals surface area (Å²) in [6, 6.07) is 14.6. The van der Waals surface area contributed by atoms with E-state index < -0.39 is 0 Å². The van der Waals surface area contributed by atoms with Crippen LogP contribution >= 0.6 is 0 Å². The first kappa shape index (κ1) is 27.4. The SMILES string of the molecule is COc1ccc(CCN(Cc2ccco2)C(=O)CN(C(=O)c2ccc3c(c2)OCO3)C2CCCCC2)cc1OC. The quantitative estimate of drug-likeness (QED) is 0.330. The fraction of sp³-hybridized carbons (Fsp3) is 0.419. The number of nitrogens with zero attached hydrogens (tertiary/aromatic N) is 2. The largest absolute Gasteiger partial charge is 0.493 e. The molecule has 1 aliphatic carbocycles. The molecule has 0 atom stereocenters. The molecule has 0 spiro atoms. The van der Waals surface area contributed by atoms with E-state index in [1.807, 2.05) is 30.3 Å². The monoisotopic (exact) mass is 548 g/mol. The Labute approximate surface area is 234 Å². The van der Waals surface area contributed by atoms with Gasteiger partial charge in [-0.15, -0.1) is 0 Å². The summed E-state index contributed by atoms with van der Waals surface area (Å²) in [6.07, 6.45) is 7.20. The summed E-state index contributed by atoms with van der Waals surface area (Å²) >= 11 is 0. The van der Waals surface area contributed by atoms with Crippen molar-refractivity contribution < 1.29 is 33.0 Å². The smallest absolute Gasteiger partial charge is 0.254 e. The molecule has 0 radical (unpaired) electrons. The van der Waals surface area contributed by atoms with Crippen molar-refractivity contribution in [2.45, 2.75) is 51.1 Å². The Hall–Kier alpha value is -4.14. The third kappa shape index (κ3) is 6.35. The molecule has 9 nitrogen and oxygen atoms in total. The van der Waals surface area contributed by atoms with Gasteiger partial charge in [-0.1, -0.05) is 25.3 Å². The maximum atomic E-state index is 13.9. The lowest BCUT2D eigenvalue weighted by molar-refractivity contribution is -0.133. The third-order valence-corrected chi connectivity index (χ3v) is 7.60. The van der Waals surface area contributed by atoms with E-state index in [4.69, 9.17) is 23.4 Å². The molecule has 0 saturated heterocycles. The van der Waals surface area contributed by atoms with Crippen LogP contribution in [0.2, 0.25) is 0 Å². The number of furan rings is 1. The molecule has 0 N–H and O–H groups in total. The molecule has 2 amide bonds. The number of hydrogen-bond donors (Lipinski definition) is 0. The Bertz CT molecular complexity index is 1300. The molecule has 1 aliphatic heterocycles. The Balaban J connectivity index is 1.35. The molecule has 212 valence electrons. The van der Waals surface area contributed by atoms with Crippen molar-refractivity contribution in [1.29, 1.82) is 0 Å². The highest BCUT2D eigenvalue weighted by atomic mass is 16.7. The van der Waals surface area contributed by atoms with E-state index >= 15 is 0 Å². The molecule has 1 saturated carbocycles. The summed E-state index contributed by atoms with van der Waals surface area (Å²) in [5.41, 5.74) is 1.50. The van der Waals surface area contributed by atoms with E-state index in [-0.39, 0.29) is 31.2 Å². The van der Waals surface area contributed by atoms with E-state index in [0.717, 1.165) is 37.7 Å². The van der Waals surface area contributed by atoms with Crippen molar-refractivity contribution in [3.8, 4) is 23.0 Å². The minimum absolute atomic E-state index is 0.00642. The van der Waals surface area contributed by atoms with Gasteiger partial charge in [0.25, 0.3) is 5.91 Å². The molecule has 0 bridgehead atoms. The van der Waals surface area contributed by atoms with Gasteiger partial charge in [0.15, 0.2) is 23.0 Å². The van der Waals surface area contributed by atoms with Gasteiger partial charge in [0.1, 0.15) is 12.3 Å². The van der Waals surface area contributed by atoms with Crippen molar-refractivity contribution in [2.75, 3.05) is 34.1 Å². The molecule has 5 rings (SSSR count). The number of carbonyl (C=O) groups is 2. The van der Waals surface area contributed by atoms with Gasteiger partial charge in [-0.25, -0.2) is 0 Å². The lowest BCUT2D eigenvalue weighted by Crippen LogP contribution is -2.48. The van der Waals surface area contributed by atoms with Gasteiger partial charge in [0.2, 0.25) is 12.7 Å². The standard InChI is InChI=1S/C31H36N2O7/c1-36-26-12-10-22(17-28(26)37-2)14-15-32(19-25-9-6-16-38-25)30(34)20-33(24-7-4-3-5-8-24)31(35)23-11-13-27-29(18-23)40-21-39-27/h6,9-13,16-18,24H,3-5,7-8,14-15,19-21H2,1-2H3. The molecule has 2 aliphatic rings. The number of benzene rings is 2. The molecular formula is C31H36N2O7. The Morgan fingerprint density at radius 3 is 2.48 bits per heavy atom. The molecular weight excluding hydrogens is 512 g/mol. The third-order valence-electron chi connectivity index (χ3n) is 7.60. The first-order valence-electron chi connectivity index (χ1n) is 13.8. The van der Waals surface area contributed by atoms with Gasteiger partial charge in [0.05, 0.1) is 27.0 Å². The predicted octanol–water partition coefficient (Wildman–Crippen LogP) is 5.07. The maximum Gasteiger partial charge on any atom is 0.254 e. The van der Waals surface area contributed by atoms with E-state index in [2.05, 4.69) is 0 Å². The summed E-state index contributed by atoms with van der Waals surface area (Å²) in [5.74, 6) is 2.85. The summed E-state index contributed by atoms with van der Waals surface area (Å²) in [6.45, 7) is 0.895. The highest BCUT2D eigenvalue weighted by Gasteiger charge is 2.31. The lowest BCUT2D eigenvalue weighted by atomic mass is 9.93. The van der Waals surface area contributed by atoms with E-state index in [9.17, 15) is 9.59 Å². The van der Waals surface area contributed by atoms with Gasteiger partial charge in [-0.05, 0) is 67.3 Å². The van der Waals surface area contributed by atoms with Crippen LogP contribution in [0.3, 0.4) is 0 Å². The van der Waals surface area contributed by atoms with Gasteiger partial charge in [-0.3, -0.25) is 9.59 Å². The van der Waals surface area contributed by atoms with Gasteiger partial charge in [0, 0.05) is 18.2 Å². The first-order valence-corrected chi connectivity index (χ1v) is 13.8. The molecule has 1 aromatic heterocycles. The van der Waals surface area contributed by atoms with Crippen LogP contribution in [0.4, 0.5) is 0 Å². The molecule has 9 heteroatoms. The van der Waals surface area contributed by atoms with Crippen molar-refractivity contribution in [3.63, 3.8) is 0 Å². The molecule has 3 aromatic rings. The second-order valence-corrected chi connectivity index (χ2v) is 10.1. The zero-order valence-corrected chi connectivity index (χ0v) is 23.1. The number of methoxy groups -OCH3 is 2. The second-order valence-electron chi connectivity index (χ2n) is 10.1. The molecule has 0 unspecified atom stereocenters. The van der Waals surface area contributed by atoms with E-state index in [0.29, 0.717) is 53.8 Å². The van der Waals surface area contributed by atoms with Gasteiger partial charge >= 0.3 is 0 Å². The first-order chi connectivity index (χ1) is 19.6. The van der Waals surface area contributed by atoms with Crippen LogP contribution in [0.5, 0.6) is 23.0 Å². The Morgan fingerprint density at radius 2 is 1.73 bits per heavy atom. The lowest BCUT2D eigenvalue weighted by Gasteiger charge is -2.35. The zero-order chi connectivity index (χ0) is 27.9. The predicted molar refractivity (Wildman–Crippen MR) is 148 cm³/mol. The minimum Gasteiger partial charge on any atom is -0.493 e. The summed E-state index contributed by atoms with van der Waals surface area (Å²) in [5, 5.41) is 0. The normalized spacial score (nSPS) is 14.6. The van der Waals surface area contributed by atoms with Crippen molar-refractivity contribution in [3.05, 3.63) is 71.7 Å². The highest BCUT2D eigenvalue weighted by molar-refractivity contribution is 5.97. The number of rotatable bonds is 11. The van der Waals surface area contributed by atoms with Crippen molar-refractivity contribution in [2.24, 2.45) is 0 Å². The summed E-state index contributed by atoms with van der Waals surface area (Å²) < 4.78 is 27.3. The van der Waals surface area contributed by atoms with Crippen LogP contribution in [0.15, 0.2) is 59.2 Å². The van der Waals surface area contributed by atoms with Crippen LogP contribution in [0.1, 0.15) is 53.8 Å². The van der Waals surface area contributed by atoms with Crippen molar-refractivity contribution in [1.82, 2.24) is 9.80 Å². The summed E-state index contributed by atoms with van der Waals surface area (Å²) in [7, 11) is 3.20. The Kier molecular flexibility index (Phi) is 8.78. The Morgan fingerprint density at radius 1 is 0.925 bits per heavy atom. The van der Waals surface area contributed by atoms with E-state index in [1.54, 1.807) is 48.5 Å². The maximum absolute atomic E-state index is 13.9. The van der Waals surface area contributed by atoms with Gasteiger partial charge in [-0.2, -0.15) is 0 Å². The van der Waals surface area contributed by atoms with Gasteiger partial charge < -0.3 is 33.2 Å². The number of hydrogen-bond acceptors (Lipinski definition) is 7. The van der Waals surface area contributed by atoms with Crippen LogP contribution in [-0.4, -0.2) is 61.8 Å². The number of amides is 2. The number of fused-ring (bicyclic) bond motifs is 1. The number of carbonyl (C=O) groups excluding carboxylic acids is 2. The molecule has 1 fully saturated rings. The molecule has 2 aromatic carbocycles. The fourth-order valence-electron chi connectivity index (χ4n) is 5.38. The topological polar surface area (TPSA) is 90.7 Å². The number of ether oxygens (including phenoxy) is 4. The van der Waals surface area contributed by atoms with Crippen molar-refractivity contribution >= 4 is 11.8 Å². The summed E-state index contributed by atoms with van der Waals surface area (Å²) in [4.78, 5) is 31.3. The van der Waals surface area contributed by atoms with E-state index in [1.165, 1.54) is 0 Å². The minimum atomic E-state index is -0.170. The highest BCUT2D eigenvalue weighted by Crippen LogP contribution is 2.34. The van der Waals surface area contributed by atoms with Crippen LogP contribution in [-0.2, 0) is 17.8 Å². The average molecular weight is 549 g/mol. The second kappa shape index (κ2) is 12.8. The molecule has 40 heavy (non-hydrogen) atoms. The fourth-order valence-corrected chi connectivity index (χ4v) is 5.38. The van der Waals surface area contributed by atoms with Crippen LogP contribution in [0.25, 0.3) is 0 Å². The average Bonchev–Trinajstić information content (AvgIpc) is 3.69. The zero-order valence-electron chi connectivity index (χ0n) is 23.1. The van der Waals surface area contributed by atoms with Crippen LogP contribution in [0, 0.1) is 0 Å². The molecule has 2 heterocycles.